The maximum absolute atomic E-state index is 12.9. The molecule has 0 aliphatic heterocycles. The number of aryl methyl sites for hydroxylation is 1. The highest BCUT2D eigenvalue weighted by atomic mass is 16.3. The Bertz CT molecular complexity index is 809. The van der Waals surface area contributed by atoms with Crippen LogP contribution in [0.2, 0.25) is 0 Å². The summed E-state index contributed by atoms with van der Waals surface area (Å²) in [4.78, 5) is 16.7. The largest absolute Gasteiger partial charge is 0.467 e. The van der Waals surface area contributed by atoms with E-state index in [9.17, 15) is 4.79 Å². The van der Waals surface area contributed by atoms with Gasteiger partial charge in [-0.25, -0.2) is 0 Å². The molecule has 0 spiro atoms. The van der Waals surface area contributed by atoms with Crippen molar-refractivity contribution in [2.24, 2.45) is 0 Å². The molecule has 0 saturated heterocycles. The first-order valence-corrected chi connectivity index (χ1v) is 8.68. The second-order valence-electron chi connectivity index (χ2n) is 6.50. The number of furan rings is 2. The molecule has 2 heterocycles. The zero-order chi connectivity index (χ0) is 18.4. The highest BCUT2D eigenvalue weighted by Gasteiger charge is 2.18. The summed E-state index contributed by atoms with van der Waals surface area (Å²) in [6, 6.07) is 17.6. The van der Waals surface area contributed by atoms with Gasteiger partial charge in [0.15, 0.2) is 0 Å². The van der Waals surface area contributed by atoms with E-state index in [1.54, 1.807) is 6.26 Å². The van der Waals surface area contributed by atoms with Gasteiger partial charge in [0, 0.05) is 6.54 Å². The molecule has 3 rings (SSSR count). The number of likely N-dealkylation sites (N-methyl/N-ethyl adjacent to an activating group) is 1. The molecule has 3 aromatic rings. The van der Waals surface area contributed by atoms with E-state index in [1.165, 1.54) is 0 Å². The summed E-state index contributed by atoms with van der Waals surface area (Å²) in [6.07, 6.45) is 1.63. The molecule has 1 aromatic carbocycles. The molecule has 1 amide bonds. The van der Waals surface area contributed by atoms with Crippen molar-refractivity contribution < 1.29 is 13.6 Å². The van der Waals surface area contributed by atoms with Crippen molar-refractivity contribution in [2.75, 3.05) is 13.6 Å². The molecular weight excluding hydrogens is 328 g/mol. The third kappa shape index (κ3) is 5.10. The van der Waals surface area contributed by atoms with Crippen LogP contribution in [0.1, 0.15) is 22.8 Å². The molecule has 0 aliphatic carbocycles. The van der Waals surface area contributed by atoms with Crippen molar-refractivity contribution in [1.82, 2.24) is 9.80 Å². The lowest BCUT2D eigenvalue weighted by Gasteiger charge is -2.24. The summed E-state index contributed by atoms with van der Waals surface area (Å²) < 4.78 is 11.0. The fourth-order valence-corrected chi connectivity index (χ4v) is 2.85. The lowest BCUT2D eigenvalue weighted by molar-refractivity contribution is -0.133. The zero-order valence-electron chi connectivity index (χ0n) is 15.2. The van der Waals surface area contributed by atoms with Crippen LogP contribution in [0.5, 0.6) is 0 Å². The number of carbonyl (C=O) groups is 1. The van der Waals surface area contributed by atoms with E-state index in [0.717, 1.165) is 22.8 Å². The molecule has 0 bridgehead atoms. The molecule has 136 valence electrons. The lowest BCUT2D eigenvalue weighted by Crippen LogP contribution is -2.38. The molecule has 0 atom stereocenters. The minimum Gasteiger partial charge on any atom is -0.467 e. The normalized spacial score (nSPS) is 11.0. The molecule has 0 unspecified atom stereocenters. The highest BCUT2D eigenvalue weighted by Crippen LogP contribution is 2.13. The van der Waals surface area contributed by atoms with Crippen LogP contribution in [-0.2, 0) is 24.4 Å². The van der Waals surface area contributed by atoms with E-state index >= 15 is 0 Å². The number of nitrogens with zero attached hydrogens (tertiary/aromatic N) is 2. The van der Waals surface area contributed by atoms with Gasteiger partial charge in [-0.1, -0.05) is 30.3 Å². The third-order valence-electron chi connectivity index (χ3n) is 4.12. The van der Waals surface area contributed by atoms with Gasteiger partial charge in [0.25, 0.3) is 0 Å². The zero-order valence-corrected chi connectivity index (χ0v) is 15.2. The van der Waals surface area contributed by atoms with Crippen molar-refractivity contribution in [3.8, 4) is 0 Å². The lowest BCUT2D eigenvalue weighted by atomic mass is 10.2. The van der Waals surface area contributed by atoms with Crippen LogP contribution in [0.3, 0.4) is 0 Å². The Labute approximate surface area is 153 Å². The van der Waals surface area contributed by atoms with Crippen molar-refractivity contribution in [3.05, 3.63) is 83.7 Å². The second-order valence-corrected chi connectivity index (χ2v) is 6.50. The average Bonchev–Trinajstić information content (AvgIpc) is 3.27. The van der Waals surface area contributed by atoms with Crippen molar-refractivity contribution in [3.63, 3.8) is 0 Å². The van der Waals surface area contributed by atoms with Gasteiger partial charge in [0.1, 0.15) is 17.3 Å². The Hall–Kier alpha value is -2.79. The van der Waals surface area contributed by atoms with Crippen LogP contribution in [0.15, 0.2) is 69.7 Å². The van der Waals surface area contributed by atoms with Crippen LogP contribution >= 0.6 is 0 Å². The van der Waals surface area contributed by atoms with Gasteiger partial charge >= 0.3 is 0 Å². The van der Waals surface area contributed by atoms with Crippen LogP contribution in [0, 0.1) is 6.92 Å². The molecule has 0 aliphatic rings. The molecule has 0 radical (unpaired) electrons. The minimum atomic E-state index is 0.0519. The molecule has 5 nitrogen and oxygen atoms in total. The van der Waals surface area contributed by atoms with Crippen molar-refractivity contribution in [2.45, 2.75) is 26.6 Å². The Morgan fingerprint density at radius 3 is 2.38 bits per heavy atom. The molecule has 2 aromatic heterocycles. The standard InChI is InChI=1S/C21H24N2O3/c1-17-10-11-20(26-17)14-22(2)16-21(24)23(15-19-9-6-12-25-19)13-18-7-4-3-5-8-18/h3-12H,13-16H2,1-2H3. The first kappa shape index (κ1) is 18.0. The summed E-state index contributed by atoms with van der Waals surface area (Å²) >= 11 is 0. The van der Waals surface area contributed by atoms with Gasteiger partial charge in [0.05, 0.1) is 25.9 Å². The molecule has 5 heteroatoms. The third-order valence-corrected chi connectivity index (χ3v) is 4.12. The fraction of sp³-hybridized carbons (Fsp3) is 0.286. The molecular formula is C21H24N2O3. The summed E-state index contributed by atoms with van der Waals surface area (Å²) in [5.74, 6) is 2.57. The summed E-state index contributed by atoms with van der Waals surface area (Å²) in [5, 5.41) is 0. The molecule has 0 N–H and O–H groups in total. The Balaban J connectivity index is 1.65. The van der Waals surface area contributed by atoms with Gasteiger partial charge in [-0.3, -0.25) is 9.69 Å². The van der Waals surface area contributed by atoms with Crippen molar-refractivity contribution >= 4 is 5.91 Å². The van der Waals surface area contributed by atoms with E-state index in [-0.39, 0.29) is 5.91 Å². The van der Waals surface area contributed by atoms with Crippen LogP contribution in [0.25, 0.3) is 0 Å². The molecule has 26 heavy (non-hydrogen) atoms. The Morgan fingerprint density at radius 1 is 0.923 bits per heavy atom. The van der Waals surface area contributed by atoms with Gasteiger partial charge in [0.2, 0.25) is 5.91 Å². The smallest absolute Gasteiger partial charge is 0.237 e. The van der Waals surface area contributed by atoms with E-state index in [2.05, 4.69) is 0 Å². The predicted octanol–water partition coefficient (Wildman–Crippen LogP) is 3.84. The van der Waals surface area contributed by atoms with E-state index in [4.69, 9.17) is 8.83 Å². The van der Waals surface area contributed by atoms with E-state index < -0.39 is 0 Å². The predicted molar refractivity (Wildman–Crippen MR) is 99.2 cm³/mol. The average molecular weight is 352 g/mol. The van der Waals surface area contributed by atoms with Crippen LogP contribution in [0.4, 0.5) is 0 Å². The highest BCUT2D eigenvalue weighted by molar-refractivity contribution is 5.78. The maximum atomic E-state index is 12.9. The number of hydrogen-bond acceptors (Lipinski definition) is 4. The SMILES string of the molecule is Cc1ccc(CN(C)CC(=O)N(Cc2ccccc2)Cc2ccco2)o1. The van der Waals surface area contributed by atoms with E-state index in [0.29, 0.717) is 26.2 Å². The Morgan fingerprint density at radius 2 is 1.73 bits per heavy atom. The summed E-state index contributed by atoms with van der Waals surface area (Å²) in [6.45, 7) is 3.83. The number of amides is 1. The first-order valence-electron chi connectivity index (χ1n) is 8.68. The monoisotopic (exact) mass is 352 g/mol. The van der Waals surface area contributed by atoms with Gasteiger partial charge < -0.3 is 13.7 Å². The number of carbonyl (C=O) groups excluding carboxylic acids is 1. The van der Waals surface area contributed by atoms with Crippen LogP contribution < -0.4 is 0 Å². The number of rotatable bonds is 8. The summed E-state index contributed by atoms with van der Waals surface area (Å²) in [7, 11) is 1.92. The topological polar surface area (TPSA) is 49.8 Å². The first-order chi connectivity index (χ1) is 12.6. The van der Waals surface area contributed by atoms with E-state index in [1.807, 2.05) is 78.4 Å². The van der Waals surface area contributed by atoms with Gasteiger partial charge in [-0.2, -0.15) is 0 Å². The quantitative estimate of drug-likeness (QED) is 0.618. The van der Waals surface area contributed by atoms with Gasteiger partial charge in [-0.05, 0) is 43.8 Å². The van der Waals surface area contributed by atoms with Gasteiger partial charge in [-0.15, -0.1) is 0 Å². The minimum absolute atomic E-state index is 0.0519. The van der Waals surface area contributed by atoms with Crippen molar-refractivity contribution in [1.29, 1.82) is 0 Å². The number of benzene rings is 1. The Kier molecular flexibility index (Phi) is 5.92. The molecule has 0 saturated carbocycles. The summed E-state index contributed by atoms with van der Waals surface area (Å²) in [5.41, 5.74) is 1.09. The molecule has 0 fully saturated rings. The number of hydrogen-bond donors (Lipinski definition) is 0. The fourth-order valence-electron chi connectivity index (χ4n) is 2.85. The maximum Gasteiger partial charge on any atom is 0.237 e. The second kappa shape index (κ2) is 8.54. The van der Waals surface area contributed by atoms with Crippen LogP contribution in [-0.4, -0.2) is 29.3 Å².